The highest BCUT2D eigenvalue weighted by atomic mass is 16.5. The van der Waals surface area contributed by atoms with Crippen LogP contribution in [0.2, 0.25) is 0 Å². The van der Waals surface area contributed by atoms with E-state index in [1.807, 2.05) is 43.3 Å². The van der Waals surface area contributed by atoms with E-state index in [1.165, 1.54) is 5.56 Å². The molecule has 0 aromatic heterocycles. The molecular weight excluding hydrogens is 250 g/mol. The highest BCUT2D eigenvalue weighted by Crippen LogP contribution is 2.37. The first-order valence-electron chi connectivity index (χ1n) is 6.63. The highest BCUT2D eigenvalue weighted by molar-refractivity contribution is 5.49. The lowest BCUT2D eigenvalue weighted by atomic mass is 9.85. The van der Waals surface area contributed by atoms with Crippen molar-refractivity contribution in [3.8, 4) is 11.5 Å². The number of rotatable bonds is 5. The maximum atomic E-state index is 6.56. The van der Waals surface area contributed by atoms with Crippen molar-refractivity contribution < 1.29 is 9.47 Å². The van der Waals surface area contributed by atoms with Crippen molar-refractivity contribution in [2.45, 2.75) is 18.9 Å². The fourth-order valence-electron chi connectivity index (χ4n) is 2.52. The average Bonchev–Trinajstić information content (AvgIpc) is 2.46. The summed E-state index contributed by atoms with van der Waals surface area (Å²) in [5.41, 5.74) is 8.08. The summed E-state index contributed by atoms with van der Waals surface area (Å²) in [4.78, 5) is 0. The van der Waals surface area contributed by atoms with Gasteiger partial charge in [0, 0.05) is 5.54 Å². The van der Waals surface area contributed by atoms with Gasteiger partial charge in [-0.3, -0.25) is 0 Å². The van der Waals surface area contributed by atoms with Gasteiger partial charge in [0.15, 0.2) is 0 Å². The van der Waals surface area contributed by atoms with E-state index in [1.54, 1.807) is 14.2 Å². The molecule has 3 heteroatoms. The molecule has 0 saturated carbocycles. The van der Waals surface area contributed by atoms with Crippen molar-refractivity contribution >= 4 is 0 Å². The lowest BCUT2D eigenvalue weighted by molar-refractivity contribution is 0.355. The Morgan fingerprint density at radius 3 is 1.95 bits per heavy atom. The Kier molecular flexibility index (Phi) is 4.30. The molecular formula is C17H21NO2. The zero-order valence-electron chi connectivity index (χ0n) is 12.2. The first-order valence-corrected chi connectivity index (χ1v) is 6.63. The Labute approximate surface area is 120 Å². The summed E-state index contributed by atoms with van der Waals surface area (Å²) >= 11 is 0. The van der Waals surface area contributed by atoms with Gasteiger partial charge in [-0.05, 0) is 31.0 Å². The number of benzene rings is 2. The molecule has 0 saturated heterocycles. The lowest BCUT2D eigenvalue weighted by Crippen LogP contribution is -2.36. The Hall–Kier alpha value is -2.00. The molecule has 2 aromatic rings. The zero-order chi connectivity index (χ0) is 14.6. The van der Waals surface area contributed by atoms with Crippen LogP contribution in [0.1, 0.15) is 18.1 Å². The van der Waals surface area contributed by atoms with Crippen molar-refractivity contribution in [1.29, 1.82) is 0 Å². The molecule has 0 aliphatic rings. The molecule has 0 aliphatic carbocycles. The maximum absolute atomic E-state index is 6.56. The first kappa shape index (κ1) is 14.4. The van der Waals surface area contributed by atoms with Crippen LogP contribution >= 0.6 is 0 Å². The molecule has 1 atom stereocenters. The SMILES string of the molecule is COc1cccc(OC)c1C(C)(N)Cc1ccccc1. The third-order valence-corrected chi connectivity index (χ3v) is 3.41. The maximum Gasteiger partial charge on any atom is 0.127 e. The average molecular weight is 271 g/mol. The summed E-state index contributed by atoms with van der Waals surface area (Å²) in [6.07, 6.45) is 0.713. The summed E-state index contributed by atoms with van der Waals surface area (Å²) in [5, 5.41) is 0. The summed E-state index contributed by atoms with van der Waals surface area (Å²) in [6, 6.07) is 15.9. The van der Waals surface area contributed by atoms with E-state index in [0.717, 1.165) is 17.1 Å². The molecule has 0 radical (unpaired) electrons. The van der Waals surface area contributed by atoms with Crippen molar-refractivity contribution in [3.63, 3.8) is 0 Å². The van der Waals surface area contributed by atoms with E-state index in [9.17, 15) is 0 Å². The van der Waals surface area contributed by atoms with Gasteiger partial charge in [0.1, 0.15) is 11.5 Å². The van der Waals surface area contributed by atoms with Crippen molar-refractivity contribution in [3.05, 3.63) is 59.7 Å². The van der Waals surface area contributed by atoms with Crippen LogP contribution < -0.4 is 15.2 Å². The summed E-state index contributed by atoms with van der Waals surface area (Å²) in [6.45, 7) is 2.00. The molecule has 0 amide bonds. The monoisotopic (exact) mass is 271 g/mol. The van der Waals surface area contributed by atoms with E-state index < -0.39 is 5.54 Å². The summed E-state index contributed by atoms with van der Waals surface area (Å²) in [7, 11) is 3.30. The Balaban J connectivity index is 2.43. The number of methoxy groups -OCH3 is 2. The second kappa shape index (κ2) is 5.97. The van der Waals surface area contributed by atoms with E-state index in [4.69, 9.17) is 15.2 Å². The van der Waals surface area contributed by atoms with Gasteiger partial charge in [0.05, 0.1) is 19.8 Å². The van der Waals surface area contributed by atoms with Gasteiger partial charge in [-0.1, -0.05) is 36.4 Å². The van der Waals surface area contributed by atoms with Crippen LogP contribution in [-0.4, -0.2) is 14.2 Å². The van der Waals surface area contributed by atoms with Crippen LogP contribution in [0.3, 0.4) is 0 Å². The molecule has 106 valence electrons. The molecule has 0 aliphatic heterocycles. The second-order valence-electron chi connectivity index (χ2n) is 5.12. The highest BCUT2D eigenvalue weighted by Gasteiger charge is 2.29. The van der Waals surface area contributed by atoms with Crippen LogP contribution in [0.5, 0.6) is 11.5 Å². The Bertz CT molecular complexity index is 542. The molecule has 2 aromatic carbocycles. The molecule has 0 bridgehead atoms. The smallest absolute Gasteiger partial charge is 0.127 e. The van der Waals surface area contributed by atoms with Crippen LogP contribution in [0, 0.1) is 0 Å². The van der Waals surface area contributed by atoms with Crippen LogP contribution in [0.4, 0.5) is 0 Å². The molecule has 3 nitrogen and oxygen atoms in total. The summed E-state index contributed by atoms with van der Waals surface area (Å²) in [5.74, 6) is 1.51. The predicted molar refractivity (Wildman–Crippen MR) is 81.2 cm³/mol. The number of nitrogens with two attached hydrogens (primary N) is 1. The van der Waals surface area contributed by atoms with E-state index >= 15 is 0 Å². The van der Waals surface area contributed by atoms with Gasteiger partial charge in [-0.25, -0.2) is 0 Å². The number of hydrogen-bond donors (Lipinski definition) is 1. The van der Waals surface area contributed by atoms with Crippen molar-refractivity contribution in [2.75, 3.05) is 14.2 Å². The van der Waals surface area contributed by atoms with E-state index in [-0.39, 0.29) is 0 Å². The molecule has 0 fully saturated rings. The van der Waals surface area contributed by atoms with Gasteiger partial charge >= 0.3 is 0 Å². The minimum Gasteiger partial charge on any atom is -0.496 e. The Morgan fingerprint density at radius 2 is 1.45 bits per heavy atom. The van der Waals surface area contributed by atoms with E-state index in [0.29, 0.717) is 6.42 Å². The third kappa shape index (κ3) is 2.94. The molecule has 2 N–H and O–H groups in total. The molecule has 1 unspecified atom stereocenters. The van der Waals surface area contributed by atoms with Crippen molar-refractivity contribution in [2.24, 2.45) is 5.73 Å². The normalized spacial score (nSPS) is 13.6. The standard InChI is InChI=1S/C17H21NO2/c1-17(18,12-13-8-5-4-6-9-13)16-14(19-2)10-7-11-15(16)20-3/h4-11H,12,18H2,1-3H3. The van der Waals surface area contributed by atoms with Gasteiger partial charge in [-0.2, -0.15) is 0 Å². The second-order valence-corrected chi connectivity index (χ2v) is 5.12. The first-order chi connectivity index (χ1) is 9.58. The van der Waals surface area contributed by atoms with Gasteiger partial charge < -0.3 is 15.2 Å². The van der Waals surface area contributed by atoms with E-state index in [2.05, 4.69) is 12.1 Å². The van der Waals surface area contributed by atoms with Crippen LogP contribution in [0.15, 0.2) is 48.5 Å². The fraction of sp³-hybridized carbons (Fsp3) is 0.294. The summed E-state index contributed by atoms with van der Waals surface area (Å²) < 4.78 is 10.9. The zero-order valence-corrected chi connectivity index (χ0v) is 12.2. The number of hydrogen-bond acceptors (Lipinski definition) is 3. The minimum absolute atomic E-state index is 0.570. The number of ether oxygens (including phenoxy) is 2. The minimum atomic E-state index is -0.570. The predicted octanol–water partition coefficient (Wildman–Crippen LogP) is 3.12. The molecule has 20 heavy (non-hydrogen) atoms. The quantitative estimate of drug-likeness (QED) is 0.908. The van der Waals surface area contributed by atoms with Crippen LogP contribution in [0.25, 0.3) is 0 Å². The topological polar surface area (TPSA) is 44.5 Å². The molecule has 0 spiro atoms. The van der Waals surface area contributed by atoms with Gasteiger partial charge in [-0.15, -0.1) is 0 Å². The van der Waals surface area contributed by atoms with Gasteiger partial charge in [0.2, 0.25) is 0 Å². The molecule has 2 rings (SSSR count). The van der Waals surface area contributed by atoms with Crippen molar-refractivity contribution in [1.82, 2.24) is 0 Å². The largest absolute Gasteiger partial charge is 0.496 e. The molecule has 0 heterocycles. The third-order valence-electron chi connectivity index (χ3n) is 3.41. The fourth-order valence-corrected chi connectivity index (χ4v) is 2.52. The van der Waals surface area contributed by atoms with Crippen LogP contribution in [-0.2, 0) is 12.0 Å². The van der Waals surface area contributed by atoms with Gasteiger partial charge in [0.25, 0.3) is 0 Å². The lowest BCUT2D eigenvalue weighted by Gasteiger charge is -2.29. The Morgan fingerprint density at radius 1 is 0.900 bits per heavy atom.